The number of carboxylic acids is 1. The zero-order valence-electron chi connectivity index (χ0n) is 11.6. The van der Waals surface area contributed by atoms with E-state index in [1.807, 2.05) is 19.9 Å². The van der Waals surface area contributed by atoms with Crippen LogP contribution in [0.15, 0.2) is 12.1 Å². The third-order valence-corrected chi connectivity index (χ3v) is 4.18. The van der Waals surface area contributed by atoms with Crippen molar-refractivity contribution in [3.05, 3.63) is 34.6 Å². The lowest BCUT2D eigenvalue weighted by molar-refractivity contribution is -0.142. The van der Waals surface area contributed by atoms with Crippen molar-refractivity contribution in [1.29, 1.82) is 0 Å². The fourth-order valence-corrected chi connectivity index (χ4v) is 3.35. The zero-order valence-corrected chi connectivity index (χ0v) is 11.6. The summed E-state index contributed by atoms with van der Waals surface area (Å²) in [7, 11) is 0. The van der Waals surface area contributed by atoms with Crippen LogP contribution in [0.25, 0.3) is 0 Å². The van der Waals surface area contributed by atoms with Gasteiger partial charge in [-0.05, 0) is 49.4 Å². The molecule has 1 aromatic rings. The van der Waals surface area contributed by atoms with E-state index in [4.69, 9.17) is 0 Å². The third-order valence-electron chi connectivity index (χ3n) is 4.18. The first kappa shape index (κ1) is 14.0. The molecule has 1 fully saturated rings. The van der Waals surface area contributed by atoms with E-state index in [1.165, 1.54) is 6.07 Å². The maximum absolute atomic E-state index is 14.3. The number of carbonyl (C=O) groups is 1. The molecule has 0 saturated heterocycles. The van der Waals surface area contributed by atoms with E-state index in [1.54, 1.807) is 0 Å². The van der Waals surface area contributed by atoms with Crippen LogP contribution in [0.5, 0.6) is 0 Å². The normalized spacial score (nSPS) is 23.9. The topological polar surface area (TPSA) is 37.3 Å². The molecule has 0 aromatic heterocycles. The maximum Gasteiger partial charge on any atom is 0.307 e. The fraction of sp³-hybridized carbons (Fsp3) is 0.562. The van der Waals surface area contributed by atoms with Crippen LogP contribution < -0.4 is 0 Å². The Bertz CT molecular complexity index is 459. The summed E-state index contributed by atoms with van der Waals surface area (Å²) in [6, 6.07) is 3.47. The summed E-state index contributed by atoms with van der Waals surface area (Å²) in [4.78, 5) is 11.5. The van der Waals surface area contributed by atoms with E-state index < -0.39 is 11.9 Å². The second-order valence-corrected chi connectivity index (χ2v) is 5.67. The number of benzene rings is 1. The fourth-order valence-electron chi connectivity index (χ4n) is 3.35. The van der Waals surface area contributed by atoms with Crippen LogP contribution in [0, 0.1) is 25.6 Å². The Morgan fingerprint density at radius 2 is 1.89 bits per heavy atom. The molecule has 2 nitrogen and oxygen atoms in total. The highest BCUT2D eigenvalue weighted by Crippen LogP contribution is 2.39. The second-order valence-electron chi connectivity index (χ2n) is 5.67. The van der Waals surface area contributed by atoms with Gasteiger partial charge in [-0.2, -0.15) is 0 Å². The predicted molar refractivity (Wildman–Crippen MR) is 72.8 cm³/mol. The first-order chi connectivity index (χ1) is 9.00. The van der Waals surface area contributed by atoms with Crippen molar-refractivity contribution in [2.75, 3.05) is 0 Å². The van der Waals surface area contributed by atoms with Gasteiger partial charge >= 0.3 is 5.97 Å². The van der Waals surface area contributed by atoms with Gasteiger partial charge in [-0.3, -0.25) is 4.79 Å². The second kappa shape index (κ2) is 5.72. The molecule has 19 heavy (non-hydrogen) atoms. The van der Waals surface area contributed by atoms with Crippen molar-refractivity contribution in [3.8, 4) is 0 Å². The molecule has 2 rings (SSSR count). The van der Waals surface area contributed by atoms with Gasteiger partial charge in [0.2, 0.25) is 0 Å². The van der Waals surface area contributed by atoms with Gasteiger partial charge < -0.3 is 5.11 Å². The molecule has 1 aliphatic rings. The Kier molecular flexibility index (Phi) is 4.23. The van der Waals surface area contributed by atoms with E-state index >= 15 is 0 Å². The molecular formula is C16H21FO2. The molecule has 1 aliphatic carbocycles. The predicted octanol–water partition coefficient (Wildman–Crippen LogP) is 4.19. The molecule has 3 heteroatoms. The van der Waals surface area contributed by atoms with Crippen LogP contribution in [-0.4, -0.2) is 11.1 Å². The van der Waals surface area contributed by atoms with Crippen molar-refractivity contribution in [3.63, 3.8) is 0 Å². The van der Waals surface area contributed by atoms with Gasteiger partial charge in [0.05, 0.1) is 5.92 Å². The molecule has 1 saturated carbocycles. The van der Waals surface area contributed by atoms with Gasteiger partial charge in [-0.15, -0.1) is 0 Å². The monoisotopic (exact) mass is 264 g/mol. The van der Waals surface area contributed by atoms with E-state index in [9.17, 15) is 14.3 Å². The summed E-state index contributed by atoms with van der Waals surface area (Å²) >= 11 is 0. The Hall–Kier alpha value is -1.38. The molecular weight excluding hydrogens is 243 g/mol. The SMILES string of the molecule is Cc1cc(C)c(C2CCCCCC2C(=O)O)c(F)c1. The first-order valence-corrected chi connectivity index (χ1v) is 7.00. The Balaban J connectivity index is 2.44. The van der Waals surface area contributed by atoms with Gasteiger partial charge in [-0.25, -0.2) is 4.39 Å². The standard InChI is InChI=1S/C16H21FO2/c1-10-8-11(2)15(14(17)9-10)12-6-4-3-5-7-13(12)16(18)19/h8-9,12-13H,3-7H2,1-2H3,(H,18,19). The summed E-state index contributed by atoms with van der Waals surface area (Å²) < 4.78 is 14.3. The smallest absolute Gasteiger partial charge is 0.307 e. The highest BCUT2D eigenvalue weighted by atomic mass is 19.1. The van der Waals surface area contributed by atoms with Gasteiger partial charge in [0.25, 0.3) is 0 Å². The van der Waals surface area contributed by atoms with Crippen LogP contribution in [0.1, 0.15) is 54.7 Å². The number of hydrogen-bond acceptors (Lipinski definition) is 1. The Labute approximate surface area is 113 Å². The van der Waals surface area contributed by atoms with Gasteiger partial charge in [-0.1, -0.05) is 25.3 Å². The molecule has 0 aliphatic heterocycles. The number of rotatable bonds is 2. The lowest BCUT2D eigenvalue weighted by atomic mass is 9.80. The lowest BCUT2D eigenvalue weighted by Crippen LogP contribution is -2.22. The lowest BCUT2D eigenvalue weighted by Gasteiger charge is -2.24. The van der Waals surface area contributed by atoms with E-state index in [-0.39, 0.29) is 11.7 Å². The summed E-state index contributed by atoms with van der Waals surface area (Å²) in [6.07, 6.45) is 4.40. The number of halogens is 1. The zero-order chi connectivity index (χ0) is 14.0. The molecule has 1 aromatic carbocycles. The van der Waals surface area contributed by atoms with Crippen molar-refractivity contribution >= 4 is 5.97 Å². The minimum absolute atomic E-state index is 0.180. The number of hydrogen-bond donors (Lipinski definition) is 1. The summed E-state index contributed by atoms with van der Waals surface area (Å²) in [5.74, 6) is -1.65. The van der Waals surface area contributed by atoms with Crippen LogP contribution in [0.2, 0.25) is 0 Å². The van der Waals surface area contributed by atoms with Crippen LogP contribution >= 0.6 is 0 Å². The van der Waals surface area contributed by atoms with Crippen molar-refractivity contribution in [1.82, 2.24) is 0 Å². The summed E-state index contributed by atoms with van der Waals surface area (Å²) in [6.45, 7) is 3.75. The highest BCUT2D eigenvalue weighted by molar-refractivity contribution is 5.71. The van der Waals surface area contributed by atoms with E-state index in [0.29, 0.717) is 12.0 Å². The van der Waals surface area contributed by atoms with Gasteiger partial charge in [0.1, 0.15) is 5.82 Å². The quantitative estimate of drug-likeness (QED) is 0.813. The largest absolute Gasteiger partial charge is 0.481 e. The van der Waals surface area contributed by atoms with Crippen LogP contribution in [0.4, 0.5) is 4.39 Å². The Morgan fingerprint density at radius 1 is 1.21 bits per heavy atom. The van der Waals surface area contributed by atoms with Gasteiger partial charge in [0.15, 0.2) is 0 Å². The highest BCUT2D eigenvalue weighted by Gasteiger charge is 2.33. The molecule has 1 N–H and O–H groups in total. The molecule has 2 atom stereocenters. The Morgan fingerprint density at radius 3 is 2.53 bits per heavy atom. The minimum Gasteiger partial charge on any atom is -0.481 e. The maximum atomic E-state index is 14.3. The molecule has 0 amide bonds. The molecule has 2 unspecified atom stereocenters. The first-order valence-electron chi connectivity index (χ1n) is 7.00. The van der Waals surface area contributed by atoms with Crippen LogP contribution in [0.3, 0.4) is 0 Å². The number of carboxylic acid groups (broad SMARTS) is 1. The molecule has 0 spiro atoms. The number of aryl methyl sites for hydroxylation is 2. The van der Waals surface area contributed by atoms with E-state index in [2.05, 4.69) is 0 Å². The number of aliphatic carboxylic acids is 1. The summed E-state index contributed by atoms with van der Waals surface area (Å²) in [5, 5.41) is 9.41. The van der Waals surface area contributed by atoms with Crippen molar-refractivity contribution in [2.45, 2.75) is 51.9 Å². The molecule has 104 valence electrons. The molecule has 0 heterocycles. The summed E-state index contributed by atoms with van der Waals surface area (Å²) in [5.41, 5.74) is 2.40. The van der Waals surface area contributed by atoms with Crippen molar-refractivity contribution in [2.24, 2.45) is 5.92 Å². The molecule has 0 radical (unpaired) electrons. The molecule has 0 bridgehead atoms. The van der Waals surface area contributed by atoms with E-state index in [0.717, 1.165) is 36.8 Å². The van der Waals surface area contributed by atoms with Crippen LogP contribution in [-0.2, 0) is 4.79 Å². The van der Waals surface area contributed by atoms with Crippen molar-refractivity contribution < 1.29 is 14.3 Å². The average Bonchev–Trinajstić information content (AvgIpc) is 2.53. The van der Waals surface area contributed by atoms with Gasteiger partial charge in [0, 0.05) is 5.92 Å². The third kappa shape index (κ3) is 2.96. The average molecular weight is 264 g/mol. The minimum atomic E-state index is -0.786.